The van der Waals surface area contributed by atoms with E-state index in [2.05, 4.69) is 20.3 Å². The van der Waals surface area contributed by atoms with Gasteiger partial charge < -0.3 is 15.0 Å². The number of benzene rings is 2. The summed E-state index contributed by atoms with van der Waals surface area (Å²) in [6.45, 7) is 1.67. The number of anilines is 2. The van der Waals surface area contributed by atoms with Crippen LogP contribution in [0.25, 0.3) is 22.0 Å². The van der Waals surface area contributed by atoms with E-state index in [1.54, 1.807) is 37.5 Å². The van der Waals surface area contributed by atoms with Gasteiger partial charge in [0, 0.05) is 41.5 Å². The van der Waals surface area contributed by atoms with Crippen molar-refractivity contribution in [1.82, 2.24) is 15.0 Å². The number of aldehydes is 1. The van der Waals surface area contributed by atoms with Gasteiger partial charge in [-0.2, -0.15) is 0 Å². The highest BCUT2D eigenvalue weighted by Gasteiger charge is 2.14. The molecule has 7 nitrogen and oxygen atoms in total. The van der Waals surface area contributed by atoms with E-state index >= 15 is 0 Å². The Balaban J connectivity index is 1.48. The predicted molar refractivity (Wildman–Crippen MR) is 132 cm³/mol. The van der Waals surface area contributed by atoms with Gasteiger partial charge in [-0.15, -0.1) is 0 Å². The minimum Gasteiger partial charge on any atom is -0.454 e. The van der Waals surface area contributed by atoms with Crippen LogP contribution in [0.1, 0.15) is 16.1 Å². The SMILES string of the molecule is Cc1c(Oc2ccc(Nc3nccc4[nH]cc(-c5ccccc5)c(=O)c34)cc2F)ccnc1C=O. The Morgan fingerprint density at radius 2 is 1.80 bits per heavy atom. The van der Waals surface area contributed by atoms with Crippen molar-refractivity contribution in [3.63, 3.8) is 0 Å². The van der Waals surface area contributed by atoms with Crippen molar-refractivity contribution in [1.29, 1.82) is 0 Å². The first-order valence-electron chi connectivity index (χ1n) is 10.8. The highest BCUT2D eigenvalue weighted by molar-refractivity contribution is 5.93. The molecule has 0 atom stereocenters. The largest absolute Gasteiger partial charge is 0.454 e. The van der Waals surface area contributed by atoms with Crippen LogP contribution in [0.2, 0.25) is 0 Å². The summed E-state index contributed by atoms with van der Waals surface area (Å²) in [5.74, 6) is -0.0117. The van der Waals surface area contributed by atoms with E-state index in [1.165, 1.54) is 18.3 Å². The van der Waals surface area contributed by atoms with E-state index in [4.69, 9.17) is 4.74 Å². The molecule has 0 unspecified atom stereocenters. The zero-order valence-corrected chi connectivity index (χ0v) is 18.6. The summed E-state index contributed by atoms with van der Waals surface area (Å²) in [5.41, 5.74) is 2.82. The fraction of sp³-hybridized carbons (Fsp3) is 0.0370. The molecule has 0 aliphatic carbocycles. The van der Waals surface area contributed by atoms with Crippen LogP contribution in [0.5, 0.6) is 11.5 Å². The van der Waals surface area contributed by atoms with Gasteiger partial charge in [-0.25, -0.2) is 9.37 Å². The van der Waals surface area contributed by atoms with Gasteiger partial charge >= 0.3 is 0 Å². The first kappa shape index (κ1) is 22.0. The molecule has 172 valence electrons. The van der Waals surface area contributed by atoms with E-state index in [9.17, 15) is 14.0 Å². The predicted octanol–water partition coefficient (Wildman–Crippen LogP) is 5.78. The number of rotatable bonds is 6. The van der Waals surface area contributed by atoms with Gasteiger partial charge in [0.05, 0.1) is 10.9 Å². The third kappa shape index (κ3) is 4.24. The van der Waals surface area contributed by atoms with E-state index in [0.717, 1.165) is 5.56 Å². The summed E-state index contributed by atoms with van der Waals surface area (Å²) < 4.78 is 20.6. The number of nitrogens with zero attached hydrogens (tertiary/aromatic N) is 2. The third-order valence-corrected chi connectivity index (χ3v) is 5.60. The summed E-state index contributed by atoms with van der Waals surface area (Å²) in [4.78, 5) is 35.8. The van der Waals surface area contributed by atoms with Crippen LogP contribution < -0.4 is 15.5 Å². The van der Waals surface area contributed by atoms with Crippen molar-refractivity contribution in [3.05, 3.63) is 107 Å². The van der Waals surface area contributed by atoms with Crippen molar-refractivity contribution >= 4 is 28.7 Å². The molecule has 0 aliphatic heterocycles. The standard InChI is InChI=1S/C27H19FN4O3/c1-16-22(15-33)29-12-10-23(16)35-24-8-7-18(13-20(24)28)32-27-25-21(9-11-30-27)31-14-19(26(25)34)17-5-3-2-4-6-17/h2-15H,1H3,(H,30,32)(H,31,34). The fourth-order valence-corrected chi connectivity index (χ4v) is 3.77. The van der Waals surface area contributed by atoms with Crippen LogP contribution in [0, 0.1) is 12.7 Å². The molecule has 3 heterocycles. The summed E-state index contributed by atoms with van der Waals surface area (Å²) in [7, 11) is 0. The third-order valence-electron chi connectivity index (χ3n) is 5.60. The number of hydrogen-bond acceptors (Lipinski definition) is 6. The van der Waals surface area contributed by atoms with E-state index in [-0.39, 0.29) is 16.9 Å². The maximum atomic E-state index is 14.9. The molecular weight excluding hydrogens is 447 g/mol. The second-order valence-electron chi connectivity index (χ2n) is 7.79. The van der Waals surface area contributed by atoms with Crippen molar-refractivity contribution < 1.29 is 13.9 Å². The van der Waals surface area contributed by atoms with Crippen LogP contribution in [0.3, 0.4) is 0 Å². The lowest BCUT2D eigenvalue weighted by Crippen LogP contribution is -2.10. The zero-order valence-electron chi connectivity index (χ0n) is 18.6. The first-order chi connectivity index (χ1) is 17.0. The number of nitrogens with one attached hydrogen (secondary N) is 2. The monoisotopic (exact) mass is 466 g/mol. The second kappa shape index (κ2) is 9.18. The molecule has 0 aliphatic rings. The number of ether oxygens (including phenoxy) is 1. The molecule has 0 spiro atoms. The van der Waals surface area contributed by atoms with Crippen LogP contribution in [0.15, 0.2) is 84.0 Å². The molecule has 0 bridgehead atoms. The number of fused-ring (bicyclic) bond motifs is 1. The molecular formula is C27H19FN4O3. The second-order valence-corrected chi connectivity index (χ2v) is 7.79. The molecule has 0 amide bonds. The highest BCUT2D eigenvalue weighted by Crippen LogP contribution is 2.31. The Bertz CT molecular complexity index is 1620. The van der Waals surface area contributed by atoms with Crippen LogP contribution >= 0.6 is 0 Å². The Morgan fingerprint density at radius 1 is 1.00 bits per heavy atom. The topological polar surface area (TPSA) is 97.0 Å². The summed E-state index contributed by atoms with van der Waals surface area (Å²) >= 11 is 0. The zero-order chi connectivity index (χ0) is 24.4. The Hall–Kier alpha value is -4.85. The molecule has 0 radical (unpaired) electrons. The Labute approximate surface area is 199 Å². The lowest BCUT2D eigenvalue weighted by molar-refractivity contribution is 0.111. The van der Waals surface area contributed by atoms with E-state index < -0.39 is 5.82 Å². The maximum Gasteiger partial charge on any atom is 0.200 e. The van der Waals surface area contributed by atoms with Gasteiger partial charge in [0.1, 0.15) is 17.3 Å². The Kier molecular flexibility index (Phi) is 5.76. The fourth-order valence-electron chi connectivity index (χ4n) is 3.77. The van der Waals surface area contributed by atoms with Crippen LogP contribution in [-0.2, 0) is 0 Å². The summed E-state index contributed by atoms with van der Waals surface area (Å²) in [6, 6.07) is 16.9. The average Bonchev–Trinajstić information content (AvgIpc) is 2.87. The number of carbonyl (C=O) groups excluding carboxylic acids is 1. The van der Waals surface area contributed by atoms with Gasteiger partial charge in [-0.05, 0) is 36.8 Å². The highest BCUT2D eigenvalue weighted by atomic mass is 19.1. The molecule has 5 aromatic rings. The molecule has 0 saturated heterocycles. The number of aromatic amines is 1. The smallest absolute Gasteiger partial charge is 0.200 e. The molecule has 5 rings (SSSR count). The van der Waals surface area contributed by atoms with E-state index in [1.807, 2.05) is 30.3 Å². The van der Waals surface area contributed by atoms with Gasteiger partial charge in [-0.3, -0.25) is 14.6 Å². The lowest BCUT2D eigenvalue weighted by Gasteiger charge is -2.13. The summed E-state index contributed by atoms with van der Waals surface area (Å²) in [5, 5.41) is 3.41. The van der Waals surface area contributed by atoms with E-state index in [0.29, 0.717) is 45.6 Å². The quantitative estimate of drug-likeness (QED) is 0.308. The van der Waals surface area contributed by atoms with Crippen molar-refractivity contribution in [2.75, 3.05) is 5.32 Å². The van der Waals surface area contributed by atoms with Gasteiger partial charge in [0.2, 0.25) is 5.43 Å². The average molecular weight is 466 g/mol. The number of carbonyl (C=O) groups is 1. The van der Waals surface area contributed by atoms with Crippen LogP contribution in [0.4, 0.5) is 15.9 Å². The van der Waals surface area contributed by atoms with Gasteiger partial charge in [0.15, 0.2) is 17.9 Å². The van der Waals surface area contributed by atoms with Crippen LogP contribution in [-0.4, -0.2) is 21.2 Å². The van der Waals surface area contributed by atoms with Gasteiger partial charge in [0.25, 0.3) is 0 Å². The molecule has 0 saturated carbocycles. The molecule has 8 heteroatoms. The number of hydrogen-bond donors (Lipinski definition) is 2. The summed E-state index contributed by atoms with van der Waals surface area (Å²) in [6.07, 6.45) is 5.28. The molecule has 2 N–H and O–H groups in total. The maximum absolute atomic E-state index is 14.9. The number of H-pyrrole nitrogens is 1. The molecule has 0 fully saturated rings. The molecule has 2 aromatic carbocycles. The van der Waals surface area contributed by atoms with Crippen molar-refractivity contribution in [2.24, 2.45) is 0 Å². The number of pyridine rings is 3. The minimum atomic E-state index is -0.627. The minimum absolute atomic E-state index is 0.0169. The first-order valence-corrected chi connectivity index (χ1v) is 10.8. The molecule has 3 aromatic heterocycles. The normalized spacial score (nSPS) is 10.8. The number of aromatic nitrogens is 3. The Morgan fingerprint density at radius 3 is 2.57 bits per heavy atom. The number of halogens is 1. The molecule has 35 heavy (non-hydrogen) atoms. The van der Waals surface area contributed by atoms with Crippen molar-refractivity contribution in [3.8, 4) is 22.6 Å². The van der Waals surface area contributed by atoms with Crippen molar-refractivity contribution in [2.45, 2.75) is 6.92 Å². The van der Waals surface area contributed by atoms with Gasteiger partial charge in [-0.1, -0.05) is 30.3 Å². The lowest BCUT2D eigenvalue weighted by atomic mass is 10.1.